The SMILES string of the molecule is CO[C@@H]1C[C@H](c2nc(C)no2)N(Cc2nnnn2C(C)C)C1. The summed E-state index contributed by atoms with van der Waals surface area (Å²) >= 11 is 0. The second-order valence-electron chi connectivity index (χ2n) is 5.85. The molecule has 2 aromatic heterocycles. The molecule has 9 heteroatoms. The summed E-state index contributed by atoms with van der Waals surface area (Å²) in [5.41, 5.74) is 0. The highest BCUT2D eigenvalue weighted by Gasteiger charge is 2.37. The Morgan fingerprint density at radius 3 is 2.86 bits per heavy atom. The minimum Gasteiger partial charge on any atom is -0.380 e. The van der Waals surface area contributed by atoms with Crippen molar-refractivity contribution in [2.45, 2.75) is 51.9 Å². The van der Waals surface area contributed by atoms with E-state index in [1.807, 2.05) is 11.6 Å². The van der Waals surface area contributed by atoms with Crippen LogP contribution in [-0.2, 0) is 11.3 Å². The molecule has 0 spiro atoms. The smallest absolute Gasteiger partial charge is 0.244 e. The standard InChI is InChI=1S/C13H21N7O2/c1-8(2)20-12(15-17-18-20)7-19-6-10(21-4)5-11(19)13-14-9(3)16-22-13/h8,10-11H,5-7H2,1-4H3/t10-,11-/m1/s1. The van der Waals surface area contributed by atoms with E-state index in [1.165, 1.54) is 0 Å². The lowest BCUT2D eigenvalue weighted by Gasteiger charge is -2.21. The Kier molecular flexibility index (Phi) is 4.16. The molecular formula is C13H21N7O2. The van der Waals surface area contributed by atoms with E-state index in [2.05, 4.69) is 44.4 Å². The molecule has 0 aliphatic carbocycles. The fourth-order valence-electron chi connectivity index (χ4n) is 2.81. The minimum absolute atomic E-state index is 0.0310. The topological polar surface area (TPSA) is 95.0 Å². The molecule has 0 bridgehead atoms. The predicted molar refractivity (Wildman–Crippen MR) is 75.8 cm³/mol. The number of methoxy groups -OCH3 is 1. The third-order valence-corrected chi connectivity index (χ3v) is 3.92. The van der Waals surface area contributed by atoms with Crippen LogP contribution in [0.5, 0.6) is 0 Å². The van der Waals surface area contributed by atoms with Gasteiger partial charge in [0.2, 0.25) is 5.89 Å². The van der Waals surface area contributed by atoms with Crippen LogP contribution in [0, 0.1) is 6.92 Å². The Balaban J connectivity index is 1.81. The number of aromatic nitrogens is 6. The summed E-state index contributed by atoms with van der Waals surface area (Å²) in [5, 5.41) is 15.9. The molecular weight excluding hydrogens is 286 g/mol. The Labute approximate surface area is 128 Å². The lowest BCUT2D eigenvalue weighted by Crippen LogP contribution is -2.27. The summed E-state index contributed by atoms with van der Waals surface area (Å²) in [4.78, 5) is 6.59. The van der Waals surface area contributed by atoms with Gasteiger partial charge in [-0.3, -0.25) is 4.90 Å². The Morgan fingerprint density at radius 1 is 1.41 bits per heavy atom. The van der Waals surface area contributed by atoms with Gasteiger partial charge in [-0.25, -0.2) is 4.68 Å². The Morgan fingerprint density at radius 2 is 2.23 bits per heavy atom. The molecule has 2 aromatic rings. The van der Waals surface area contributed by atoms with Crippen molar-refractivity contribution in [3.63, 3.8) is 0 Å². The second kappa shape index (κ2) is 6.09. The molecule has 0 aromatic carbocycles. The average molecular weight is 307 g/mol. The normalized spacial score (nSPS) is 22.8. The summed E-state index contributed by atoms with van der Waals surface area (Å²) in [6.07, 6.45) is 0.960. The number of hydrogen-bond donors (Lipinski definition) is 0. The van der Waals surface area contributed by atoms with Crippen LogP contribution < -0.4 is 0 Å². The van der Waals surface area contributed by atoms with Crippen molar-refractivity contribution in [3.05, 3.63) is 17.5 Å². The minimum atomic E-state index is 0.0310. The summed E-state index contributed by atoms with van der Waals surface area (Å²) in [6, 6.07) is 0.249. The highest BCUT2D eigenvalue weighted by Crippen LogP contribution is 2.33. The van der Waals surface area contributed by atoms with Crippen LogP contribution in [0.4, 0.5) is 0 Å². The first kappa shape index (κ1) is 15.0. The van der Waals surface area contributed by atoms with Crippen LogP contribution >= 0.6 is 0 Å². The molecule has 0 radical (unpaired) electrons. The maximum Gasteiger partial charge on any atom is 0.244 e. The number of nitrogens with zero attached hydrogens (tertiary/aromatic N) is 7. The van der Waals surface area contributed by atoms with Crippen LogP contribution in [0.25, 0.3) is 0 Å². The van der Waals surface area contributed by atoms with Crippen molar-refractivity contribution in [1.29, 1.82) is 0 Å². The molecule has 120 valence electrons. The van der Waals surface area contributed by atoms with E-state index >= 15 is 0 Å². The number of likely N-dealkylation sites (tertiary alicyclic amines) is 1. The van der Waals surface area contributed by atoms with E-state index in [1.54, 1.807) is 7.11 Å². The first-order valence-corrected chi connectivity index (χ1v) is 7.42. The van der Waals surface area contributed by atoms with Crippen molar-refractivity contribution in [2.75, 3.05) is 13.7 Å². The molecule has 3 heterocycles. The Hall–Kier alpha value is -1.87. The maximum absolute atomic E-state index is 5.51. The lowest BCUT2D eigenvalue weighted by atomic mass is 10.2. The average Bonchev–Trinajstić information content (AvgIpc) is 3.18. The molecule has 0 unspecified atom stereocenters. The van der Waals surface area contributed by atoms with E-state index in [0.717, 1.165) is 18.8 Å². The summed E-state index contributed by atoms with van der Waals surface area (Å²) in [6.45, 7) is 7.34. The van der Waals surface area contributed by atoms with Gasteiger partial charge in [0.05, 0.1) is 24.7 Å². The molecule has 1 aliphatic heterocycles. The second-order valence-corrected chi connectivity index (χ2v) is 5.85. The third-order valence-electron chi connectivity index (χ3n) is 3.92. The first-order valence-electron chi connectivity index (χ1n) is 7.42. The number of aryl methyl sites for hydroxylation is 1. The number of tetrazole rings is 1. The number of rotatable bonds is 5. The molecule has 9 nitrogen and oxygen atoms in total. The van der Waals surface area contributed by atoms with Gasteiger partial charge in [-0.05, 0) is 37.6 Å². The molecule has 0 N–H and O–H groups in total. The van der Waals surface area contributed by atoms with Gasteiger partial charge >= 0.3 is 0 Å². The molecule has 0 amide bonds. The highest BCUT2D eigenvalue weighted by atomic mass is 16.5. The van der Waals surface area contributed by atoms with Gasteiger partial charge in [-0.1, -0.05) is 5.16 Å². The van der Waals surface area contributed by atoms with Gasteiger partial charge in [0, 0.05) is 13.7 Å². The first-order chi connectivity index (χ1) is 10.6. The molecule has 1 fully saturated rings. The van der Waals surface area contributed by atoms with Gasteiger partial charge in [-0.2, -0.15) is 4.98 Å². The van der Waals surface area contributed by atoms with Crippen molar-refractivity contribution >= 4 is 0 Å². The van der Waals surface area contributed by atoms with E-state index in [9.17, 15) is 0 Å². The van der Waals surface area contributed by atoms with Gasteiger partial charge < -0.3 is 9.26 Å². The van der Waals surface area contributed by atoms with Crippen molar-refractivity contribution in [2.24, 2.45) is 0 Å². The van der Waals surface area contributed by atoms with E-state index < -0.39 is 0 Å². The highest BCUT2D eigenvalue weighted by molar-refractivity contribution is 5.00. The quantitative estimate of drug-likeness (QED) is 0.804. The van der Waals surface area contributed by atoms with Crippen LogP contribution in [0.3, 0.4) is 0 Å². The van der Waals surface area contributed by atoms with Crippen molar-refractivity contribution in [1.82, 2.24) is 35.2 Å². The zero-order valence-electron chi connectivity index (χ0n) is 13.3. The van der Waals surface area contributed by atoms with Gasteiger partial charge in [0.25, 0.3) is 0 Å². The summed E-state index contributed by atoms with van der Waals surface area (Å²) in [7, 11) is 1.72. The molecule has 0 saturated carbocycles. The molecule has 3 rings (SSSR count). The zero-order valence-corrected chi connectivity index (χ0v) is 13.3. The lowest BCUT2D eigenvalue weighted by molar-refractivity contribution is 0.106. The molecule has 1 aliphatic rings. The van der Waals surface area contributed by atoms with Gasteiger partial charge in [0.15, 0.2) is 11.6 Å². The molecule has 22 heavy (non-hydrogen) atoms. The van der Waals surface area contributed by atoms with Gasteiger partial charge in [0.1, 0.15) is 0 Å². The van der Waals surface area contributed by atoms with Crippen LogP contribution in [0.1, 0.15) is 49.9 Å². The number of hydrogen-bond acceptors (Lipinski definition) is 8. The van der Waals surface area contributed by atoms with E-state index in [4.69, 9.17) is 9.26 Å². The zero-order chi connectivity index (χ0) is 15.7. The van der Waals surface area contributed by atoms with Crippen molar-refractivity contribution < 1.29 is 9.26 Å². The fraction of sp³-hybridized carbons (Fsp3) is 0.769. The Bertz CT molecular complexity index is 623. The number of ether oxygens (including phenoxy) is 1. The van der Waals surface area contributed by atoms with Crippen molar-refractivity contribution in [3.8, 4) is 0 Å². The van der Waals surface area contributed by atoms with Crippen LogP contribution in [-0.4, -0.2) is 55.0 Å². The van der Waals surface area contributed by atoms with E-state index in [0.29, 0.717) is 18.3 Å². The predicted octanol–water partition coefficient (Wildman–Crippen LogP) is 0.907. The van der Waals surface area contributed by atoms with Crippen LogP contribution in [0.15, 0.2) is 4.52 Å². The molecule has 2 atom stereocenters. The fourth-order valence-corrected chi connectivity index (χ4v) is 2.81. The van der Waals surface area contributed by atoms with Gasteiger partial charge in [-0.15, -0.1) is 5.10 Å². The monoisotopic (exact) mass is 307 g/mol. The summed E-state index contributed by atoms with van der Waals surface area (Å²) in [5.74, 6) is 2.09. The third kappa shape index (κ3) is 2.86. The van der Waals surface area contributed by atoms with Crippen LogP contribution in [0.2, 0.25) is 0 Å². The summed E-state index contributed by atoms with van der Waals surface area (Å²) < 4.78 is 12.7. The maximum atomic E-state index is 5.51. The molecule has 1 saturated heterocycles. The largest absolute Gasteiger partial charge is 0.380 e. The van der Waals surface area contributed by atoms with E-state index in [-0.39, 0.29) is 18.2 Å².